The lowest BCUT2D eigenvalue weighted by atomic mass is 10.3. The van der Waals surface area contributed by atoms with Gasteiger partial charge in [0.1, 0.15) is 5.03 Å². The normalized spacial score (nSPS) is 10.4. The fourth-order valence-electron chi connectivity index (χ4n) is 0.986. The molecule has 0 spiro atoms. The highest BCUT2D eigenvalue weighted by molar-refractivity contribution is 7.99. The maximum Gasteiger partial charge on any atom is 0.221 e. The molecular weight excluding hydrogens is 201 g/mol. The Balaban J connectivity index is 2.45. The lowest BCUT2D eigenvalue weighted by molar-refractivity contribution is 0.580. The summed E-state index contributed by atoms with van der Waals surface area (Å²) in [5, 5.41) is 0.355. The summed E-state index contributed by atoms with van der Waals surface area (Å²) in [7, 11) is 0. The van der Waals surface area contributed by atoms with E-state index in [1.54, 1.807) is 0 Å². The van der Waals surface area contributed by atoms with Crippen LogP contribution in [0.5, 0.6) is 0 Å². The first-order valence-corrected chi connectivity index (χ1v) is 5.63. The van der Waals surface area contributed by atoms with E-state index in [0.29, 0.717) is 5.03 Å². The largest absolute Gasteiger partial charge is 0.368 e. The zero-order chi connectivity index (χ0) is 10.4. The van der Waals surface area contributed by atoms with Crippen LogP contribution in [0.25, 0.3) is 0 Å². The van der Waals surface area contributed by atoms with E-state index in [-0.39, 0.29) is 11.8 Å². The second-order valence-corrected chi connectivity index (χ2v) is 4.02. The first kappa shape index (κ1) is 11.2. The molecule has 1 aromatic heterocycles. The Morgan fingerprint density at radius 2 is 2.29 bits per heavy atom. The topological polar surface area (TPSA) is 51.8 Å². The van der Waals surface area contributed by atoms with Gasteiger partial charge in [-0.05, 0) is 12.2 Å². The highest BCUT2D eigenvalue weighted by Gasteiger charge is 2.05. The molecule has 0 saturated carbocycles. The molecule has 5 heteroatoms. The van der Waals surface area contributed by atoms with E-state index in [2.05, 4.69) is 16.9 Å². The summed E-state index contributed by atoms with van der Waals surface area (Å²) in [5.74, 6) is 0.617. The number of thioether (sulfide) groups is 1. The number of rotatable bonds is 5. The number of unbranched alkanes of at least 4 members (excludes halogenated alkanes) is 2. The molecule has 0 amide bonds. The van der Waals surface area contributed by atoms with E-state index in [0.717, 1.165) is 31.2 Å². The lowest BCUT2D eigenvalue weighted by Gasteiger charge is -2.01. The summed E-state index contributed by atoms with van der Waals surface area (Å²) in [6.45, 7) is 2.13. The Morgan fingerprint density at radius 3 is 3.00 bits per heavy atom. The van der Waals surface area contributed by atoms with Crippen LogP contribution < -0.4 is 5.73 Å². The van der Waals surface area contributed by atoms with E-state index in [1.807, 2.05) is 0 Å². The molecule has 0 bridgehead atoms. The number of halogens is 1. The fourth-order valence-corrected chi connectivity index (χ4v) is 1.88. The number of aromatic nitrogens is 2. The van der Waals surface area contributed by atoms with Gasteiger partial charge in [0, 0.05) is 0 Å². The Hall–Kier alpha value is -0.840. The molecule has 0 aliphatic carbocycles. The lowest BCUT2D eigenvalue weighted by Crippen LogP contribution is -1.98. The summed E-state index contributed by atoms with van der Waals surface area (Å²) < 4.78 is 13.1. The Kier molecular flexibility index (Phi) is 4.65. The van der Waals surface area contributed by atoms with E-state index >= 15 is 0 Å². The second-order valence-electron chi connectivity index (χ2n) is 2.94. The average molecular weight is 215 g/mol. The van der Waals surface area contributed by atoms with Crippen LogP contribution in [0.3, 0.4) is 0 Å². The molecule has 0 unspecified atom stereocenters. The third-order valence-electron chi connectivity index (χ3n) is 1.72. The highest BCUT2D eigenvalue weighted by atomic mass is 32.2. The smallest absolute Gasteiger partial charge is 0.221 e. The Morgan fingerprint density at radius 1 is 1.50 bits per heavy atom. The summed E-state index contributed by atoms with van der Waals surface area (Å²) in [6, 6.07) is 0. The fraction of sp³-hybridized carbons (Fsp3) is 0.556. The van der Waals surface area contributed by atoms with Gasteiger partial charge in [-0.15, -0.1) is 11.8 Å². The van der Waals surface area contributed by atoms with Crippen molar-refractivity contribution in [2.24, 2.45) is 0 Å². The molecule has 0 saturated heterocycles. The molecule has 0 fully saturated rings. The van der Waals surface area contributed by atoms with Crippen LogP contribution in [-0.2, 0) is 0 Å². The molecular formula is C9H14FN3S. The van der Waals surface area contributed by atoms with Gasteiger partial charge in [0.05, 0.1) is 6.20 Å². The van der Waals surface area contributed by atoms with Gasteiger partial charge in [0.15, 0.2) is 5.82 Å². The zero-order valence-corrected chi connectivity index (χ0v) is 8.98. The summed E-state index contributed by atoms with van der Waals surface area (Å²) >= 11 is 1.40. The van der Waals surface area contributed by atoms with Gasteiger partial charge in [-0.3, -0.25) is 0 Å². The van der Waals surface area contributed by atoms with Crippen LogP contribution in [0.2, 0.25) is 0 Å². The molecule has 1 heterocycles. The number of nitrogens with zero attached hydrogens (tertiary/aromatic N) is 2. The van der Waals surface area contributed by atoms with Crippen molar-refractivity contribution in [3.63, 3.8) is 0 Å². The standard InChI is InChI=1S/C9H14FN3S/c1-2-3-4-5-14-8-7(10)6-12-9(11)13-8/h6H,2-5H2,1H3,(H2,11,12,13). The van der Waals surface area contributed by atoms with Gasteiger partial charge in [-0.25, -0.2) is 14.4 Å². The molecule has 0 atom stereocenters. The molecule has 14 heavy (non-hydrogen) atoms. The van der Waals surface area contributed by atoms with Crippen LogP contribution in [-0.4, -0.2) is 15.7 Å². The molecule has 78 valence electrons. The number of nitrogens with two attached hydrogens (primary N) is 1. The van der Waals surface area contributed by atoms with Gasteiger partial charge < -0.3 is 5.73 Å². The number of hydrogen-bond donors (Lipinski definition) is 1. The minimum Gasteiger partial charge on any atom is -0.368 e. The maximum absolute atomic E-state index is 13.1. The first-order chi connectivity index (χ1) is 6.74. The van der Waals surface area contributed by atoms with Crippen molar-refractivity contribution in [3.05, 3.63) is 12.0 Å². The monoisotopic (exact) mass is 215 g/mol. The summed E-state index contributed by atoms with van der Waals surface area (Å²) in [5.41, 5.74) is 5.36. The van der Waals surface area contributed by atoms with Crippen LogP contribution in [0, 0.1) is 5.82 Å². The minimum atomic E-state index is -0.388. The van der Waals surface area contributed by atoms with Crippen molar-refractivity contribution < 1.29 is 4.39 Å². The van der Waals surface area contributed by atoms with E-state index in [4.69, 9.17) is 5.73 Å². The van der Waals surface area contributed by atoms with Crippen molar-refractivity contribution in [1.82, 2.24) is 9.97 Å². The third kappa shape index (κ3) is 3.49. The van der Waals surface area contributed by atoms with Gasteiger partial charge in [0.25, 0.3) is 0 Å². The van der Waals surface area contributed by atoms with Crippen molar-refractivity contribution in [1.29, 1.82) is 0 Å². The molecule has 0 aliphatic heterocycles. The Labute approximate surface area is 87.3 Å². The van der Waals surface area contributed by atoms with Crippen LogP contribution >= 0.6 is 11.8 Å². The van der Waals surface area contributed by atoms with Gasteiger partial charge >= 0.3 is 0 Å². The predicted octanol–water partition coefficient (Wildman–Crippen LogP) is 2.48. The van der Waals surface area contributed by atoms with E-state index < -0.39 is 0 Å². The molecule has 3 nitrogen and oxygen atoms in total. The van der Waals surface area contributed by atoms with Crippen molar-refractivity contribution in [2.45, 2.75) is 31.2 Å². The SMILES string of the molecule is CCCCCSc1nc(N)ncc1F. The zero-order valence-electron chi connectivity index (χ0n) is 8.16. The van der Waals surface area contributed by atoms with Crippen LogP contribution in [0.15, 0.2) is 11.2 Å². The number of hydrogen-bond acceptors (Lipinski definition) is 4. The quantitative estimate of drug-likeness (QED) is 0.466. The van der Waals surface area contributed by atoms with E-state index in [9.17, 15) is 4.39 Å². The molecule has 2 N–H and O–H groups in total. The maximum atomic E-state index is 13.1. The first-order valence-electron chi connectivity index (χ1n) is 4.65. The minimum absolute atomic E-state index is 0.129. The van der Waals surface area contributed by atoms with Gasteiger partial charge in [-0.1, -0.05) is 19.8 Å². The summed E-state index contributed by atoms with van der Waals surface area (Å²) in [4.78, 5) is 7.39. The second kappa shape index (κ2) is 5.80. The molecule has 1 rings (SSSR count). The molecule has 0 radical (unpaired) electrons. The van der Waals surface area contributed by atoms with Gasteiger partial charge in [0.2, 0.25) is 5.95 Å². The van der Waals surface area contributed by atoms with Crippen LogP contribution in [0.1, 0.15) is 26.2 Å². The molecule has 0 aliphatic rings. The molecule has 1 aromatic rings. The van der Waals surface area contributed by atoms with Crippen molar-refractivity contribution >= 4 is 17.7 Å². The summed E-state index contributed by atoms with van der Waals surface area (Å²) in [6.07, 6.45) is 4.51. The number of nitrogen functional groups attached to an aromatic ring is 1. The van der Waals surface area contributed by atoms with Crippen molar-refractivity contribution in [2.75, 3.05) is 11.5 Å². The van der Waals surface area contributed by atoms with E-state index in [1.165, 1.54) is 11.8 Å². The predicted molar refractivity (Wildman–Crippen MR) is 56.7 cm³/mol. The highest BCUT2D eigenvalue weighted by Crippen LogP contribution is 2.20. The number of anilines is 1. The Bertz CT molecular complexity index is 293. The third-order valence-corrected chi connectivity index (χ3v) is 2.77. The van der Waals surface area contributed by atoms with Crippen LogP contribution in [0.4, 0.5) is 10.3 Å². The van der Waals surface area contributed by atoms with Crippen molar-refractivity contribution in [3.8, 4) is 0 Å². The molecule has 0 aromatic carbocycles. The average Bonchev–Trinajstić information content (AvgIpc) is 2.18. The van der Waals surface area contributed by atoms with Gasteiger partial charge in [-0.2, -0.15) is 0 Å².